The van der Waals surface area contributed by atoms with Crippen molar-refractivity contribution >= 4 is 29.2 Å². The number of halogens is 2. The fourth-order valence-corrected chi connectivity index (χ4v) is 2.21. The van der Waals surface area contributed by atoms with Gasteiger partial charge in [-0.05, 0) is 31.0 Å². The summed E-state index contributed by atoms with van der Waals surface area (Å²) in [5.74, 6) is -1.70. The molecule has 21 heavy (non-hydrogen) atoms. The van der Waals surface area contributed by atoms with E-state index < -0.39 is 11.8 Å². The van der Waals surface area contributed by atoms with Crippen LogP contribution in [0.3, 0.4) is 0 Å². The third kappa shape index (κ3) is 4.99. The predicted molar refractivity (Wildman–Crippen MR) is 76.9 cm³/mol. The summed E-state index contributed by atoms with van der Waals surface area (Å²) in [4.78, 5) is 24.4. The molecule has 1 aliphatic rings. The highest BCUT2D eigenvalue weighted by molar-refractivity contribution is 6.31. The smallest absolute Gasteiger partial charge is 0.304 e. The Labute approximate surface area is 126 Å². The largest absolute Gasteiger partial charge is 0.481 e. The van der Waals surface area contributed by atoms with Crippen molar-refractivity contribution in [3.63, 3.8) is 0 Å². The van der Waals surface area contributed by atoms with Gasteiger partial charge in [0.05, 0.1) is 18.0 Å². The molecule has 1 aromatic rings. The summed E-state index contributed by atoms with van der Waals surface area (Å²) in [7, 11) is 0. The number of aliphatic carboxylic acids is 1. The van der Waals surface area contributed by atoms with Crippen LogP contribution in [0, 0.1) is 5.82 Å². The van der Waals surface area contributed by atoms with Crippen LogP contribution in [0.1, 0.15) is 19.3 Å². The number of benzene rings is 1. The van der Waals surface area contributed by atoms with Gasteiger partial charge in [0, 0.05) is 18.3 Å². The Morgan fingerprint density at radius 2 is 2.14 bits per heavy atom. The Morgan fingerprint density at radius 1 is 1.43 bits per heavy atom. The topological polar surface area (TPSA) is 69.6 Å². The van der Waals surface area contributed by atoms with Gasteiger partial charge in [0.25, 0.3) is 0 Å². The van der Waals surface area contributed by atoms with Crippen molar-refractivity contribution in [2.45, 2.75) is 25.3 Å². The Bertz CT molecular complexity index is 549. The van der Waals surface area contributed by atoms with Crippen LogP contribution in [0.2, 0.25) is 5.02 Å². The molecule has 0 radical (unpaired) electrons. The number of nitrogens with zero attached hydrogens (tertiary/aromatic N) is 1. The van der Waals surface area contributed by atoms with Crippen LogP contribution in [-0.4, -0.2) is 41.0 Å². The molecule has 1 saturated carbocycles. The molecule has 0 aliphatic heterocycles. The van der Waals surface area contributed by atoms with Gasteiger partial charge in [-0.15, -0.1) is 0 Å². The van der Waals surface area contributed by atoms with Gasteiger partial charge < -0.3 is 10.4 Å². The molecule has 0 spiro atoms. The minimum Gasteiger partial charge on any atom is -0.481 e. The normalized spacial score (nSPS) is 14.2. The number of carbonyl (C=O) groups is 2. The third-order valence-corrected chi connectivity index (χ3v) is 3.52. The van der Waals surface area contributed by atoms with Crippen LogP contribution in [0.5, 0.6) is 0 Å². The van der Waals surface area contributed by atoms with Gasteiger partial charge in [-0.25, -0.2) is 4.39 Å². The van der Waals surface area contributed by atoms with E-state index in [0.29, 0.717) is 12.2 Å². The lowest BCUT2D eigenvalue weighted by molar-refractivity contribution is -0.137. The minimum atomic E-state index is -0.883. The van der Waals surface area contributed by atoms with Gasteiger partial charge in [0.2, 0.25) is 5.91 Å². The van der Waals surface area contributed by atoms with Gasteiger partial charge in [-0.3, -0.25) is 14.5 Å². The predicted octanol–water partition coefficient (Wildman–Crippen LogP) is 2.36. The van der Waals surface area contributed by atoms with E-state index in [2.05, 4.69) is 5.32 Å². The SMILES string of the molecule is O=C(O)CCN(CC(=O)Nc1ccc(F)c(Cl)c1)C1CC1. The average molecular weight is 315 g/mol. The summed E-state index contributed by atoms with van der Waals surface area (Å²) in [5.41, 5.74) is 0.417. The van der Waals surface area contributed by atoms with E-state index in [4.69, 9.17) is 16.7 Å². The second-order valence-corrected chi connectivity index (χ2v) is 5.43. The van der Waals surface area contributed by atoms with Gasteiger partial charge in [-0.1, -0.05) is 11.6 Å². The van der Waals surface area contributed by atoms with Gasteiger partial charge in [0.15, 0.2) is 0 Å². The molecule has 0 saturated heterocycles. The quantitative estimate of drug-likeness (QED) is 0.810. The summed E-state index contributed by atoms with van der Waals surface area (Å²) < 4.78 is 13.0. The molecule has 0 bridgehead atoms. The molecule has 0 heterocycles. The van der Waals surface area contributed by atoms with Crippen molar-refractivity contribution < 1.29 is 19.1 Å². The Morgan fingerprint density at radius 3 is 2.71 bits per heavy atom. The maximum Gasteiger partial charge on any atom is 0.304 e. The number of rotatable bonds is 7. The number of carbonyl (C=O) groups excluding carboxylic acids is 1. The summed E-state index contributed by atoms with van der Waals surface area (Å²) >= 11 is 5.65. The first-order valence-corrected chi connectivity index (χ1v) is 7.04. The standard InChI is InChI=1S/C14H16ClFN2O3/c15-11-7-9(1-4-12(11)16)17-13(19)8-18(10-2-3-10)6-5-14(20)21/h1,4,7,10H,2-3,5-6,8H2,(H,17,19)(H,20,21). The summed E-state index contributed by atoms with van der Waals surface area (Å²) in [5, 5.41) is 11.3. The van der Waals surface area contributed by atoms with E-state index in [1.165, 1.54) is 18.2 Å². The molecular weight excluding hydrogens is 299 g/mol. The van der Waals surface area contributed by atoms with E-state index in [1.807, 2.05) is 4.90 Å². The Hall–Kier alpha value is -1.66. The van der Waals surface area contributed by atoms with Crippen molar-refractivity contribution in [3.8, 4) is 0 Å². The van der Waals surface area contributed by atoms with E-state index in [0.717, 1.165) is 12.8 Å². The highest BCUT2D eigenvalue weighted by atomic mass is 35.5. The highest BCUT2D eigenvalue weighted by Gasteiger charge is 2.30. The third-order valence-electron chi connectivity index (χ3n) is 3.23. The molecule has 1 aromatic carbocycles. The average Bonchev–Trinajstić information content (AvgIpc) is 3.23. The fraction of sp³-hybridized carbons (Fsp3) is 0.429. The van der Waals surface area contributed by atoms with Crippen LogP contribution in [0.25, 0.3) is 0 Å². The molecular formula is C14H16ClFN2O3. The van der Waals surface area contributed by atoms with Gasteiger partial charge in [-0.2, -0.15) is 0 Å². The van der Waals surface area contributed by atoms with Crippen LogP contribution in [0.15, 0.2) is 18.2 Å². The van der Waals surface area contributed by atoms with Gasteiger partial charge in [0.1, 0.15) is 5.82 Å². The number of carboxylic acids is 1. The molecule has 2 rings (SSSR count). The Balaban J connectivity index is 1.89. The molecule has 1 fully saturated rings. The number of amides is 1. The lowest BCUT2D eigenvalue weighted by Gasteiger charge is -2.20. The van der Waals surface area contributed by atoms with Crippen LogP contribution < -0.4 is 5.32 Å². The zero-order valence-corrected chi connectivity index (χ0v) is 12.1. The zero-order valence-electron chi connectivity index (χ0n) is 11.3. The maximum atomic E-state index is 13.0. The first-order chi connectivity index (χ1) is 9.95. The van der Waals surface area contributed by atoms with E-state index in [-0.39, 0.29) is 29.9 Å². The molecule has 7 heteroatoms. The highest BCUT2D eigenvalue weighted by Crippen LogP contribution is 2.27. The van der Waals surface area contributed by atoms with Crippen molar-refractivity contribution in [2.75, 3.05) is 18.4 Å². The summed E-state index contributed by atoms with van der Waals surface area (Å²) in [6, 6.07) is 4.23. The maximum absolute atomic E-state index is 13.0. The number of hydrogen-bond acceptors (Lipinski definition) is 3. The van der Waals surface area contributed by atoms with Crippen molar-refractivity contribution in [1.82, 2.24) is 4.90 Å². The van der Waals surface area contributed by atoms with Crippen LogP contribution in [0.4, 0.5) is 10.1 Å². The van der Waals surface area contributed by atoms with Crippen LogP contribution >= 0.6 is 11.6 Å². The first kappa shape index (κ1) is 15.7. The van der Waals surface area contributed by atoms with E-state index >= 15 is 0 Å². The second-order valence-electron chi connectivity index (χ2n) is 5.02. The molecule has 5 nitrogen and oxygen atoms in total. The monoisotopic (exact) mass is 314 g/mol. The summed E-state index contributed by atoms with van der Waals surface area (Å²) in [6.07, 6.45) is 1.97. The lowest BCUT2D eigenvalue weighted by atomic mass is 10.3. The lowest BCUT2D eigenvalue weighted by Crippen LogP contribution is -2.36. The number of nitrogens with one attached hydrogen (secondary N) is 1. The number of anilines is 1. The molecule has 1 aliphatic carbocycles. The zero-order chi connectivity index (χ0) is 15.4. The number of carboxylic acid groups (broad SMARTS) is 1. The van der Waals surface area contributed by atoms with Gasteiger partial charge >= 0.3 is 5.97 Å². The molecule has 114 valence electrons. The summed E-state index contributed by atoms with van der Waals surface area (Å²) in [6.45, 7) is 0.463. The van der Waals surface area contributed by atoms with Crippen molar-refractivity contribution in [3.05, 3.63) is 29.0 Å². The first-order valence-electron chi connectivity index (χ1n) is 6.66. The van der Waals surface area contributed by atoms with E-state index in [9.17, 15) is 14.0 Å². The van der Waals surface area contributed by atoms with E-state index in [1.54, 1.807) is 0 Å². The molecule has 1 amide bonds. The molecule has 0 aromatic heterocycles. The molecule has 0 atom stereocenters. The molecule has 2 N–H and O–H groups in total. The fourth-order valence-electron chi connectivity index (χ4n) is 2.03. The van der Waals surface area contributed by atoms with Crippen molar-refractivity contribution in [2.24, 2.45) is 0 Å². The second kappa shape index (κ2) is 6.87. The van der Waals surface area contributed by atoms with Crippen LogP contribution in [-0.2, 0) is 9.59 Å². The molecule has 0 unspecified atom stereocenters. The van der Waals surface area contributed by atoms with Crippen molar-refractivity contribution in [1.29, 1.82) is 0 Å². The Kier molecular flexibility index (Phi) is 5.14. The minimum absolute atomic E-state index is 0.00611. The number of hydrogen-bond donors (Lipinski definition) is 2.